The minimum atomic E-state index is -4.36. The summed E-state index contributed by atoms with van der Waals surface area (Å²) in [4.78, 5) is 1.52. The summed E-state index contributed by atoms with van der Waals surface area (Å²) >= 11 is 0. The van der Waals surface area contributed by atoms with Gasteiger partial charge in [-0.05, 0) is 18.2 Å². The van der Waals surface area contributed by atoms with E-state index in [0.29, 0.717) is 11.0 Å². The van der Waals surface area contributed by atoms with E-state index in [1.807, 2.05) is 6.07 Å². The second-order valence-corrected chi connectivity index (χ2v) is 6.88. The number of fused-ring (bicyclic) bond motifs is 1. The standard InChI is InChI=1S/C19H19F3N4/c20-19(21,22)15-6-7-18-17(12-15)23-24-26(18)16-8-10-25(11-9-16)13-14-4-2-1-3-5-14/h1-7,12,16H,8-11,13H2/p+1. The average molecular weight is 361 g/mol. The molecule has 0 unspecified atom stereocenters. The molecule has 1 saturated heterocycles. The van der Waals surface area contributed by atoms with Crippen molar-refractivity contribution >= 4 is 11.0 Å². The number of piperidine rings is 1. The van der Waals surface area contributed by atoms with Crippen molar-refractivity contribution in [1.82, 2.24) is 15.0 Å². The summed E-state index contributed by atoms with van der Waals surface area (Å²) in [6.45, 7) is 3.03. The Bertz CT molecular complexity index is 881. The maximum Gasteiger partial charge on any atom is 0.416 e. The van der Waals surface area contributed by atoms with Crippen LogP contribution in [0.5, 0.6) is 0 Å². The van der Waals surface area contributed by atoms with Gasteiger partial charge in [0.1, 0.15) is 12.1 Å². The molecule has 1 N–H and O–H groups in total. The number of aromatic nitrogens is 3. The number of alkyl halides is 3. The summed E-state index contributed by atoms with van der Waals surface area (Å²) in [5, 5.41) is 8.10. The third-order valence-corrected chi connectivity index (χ3v) is 5.10. The number of likely N-dealkylation sites (tertiary alicyclic amines) is 1. The first kappa shape index (κ1) is 17.0. The van der Waals surface area contributed by atoms with Gasteiger partial charge in [-0.2, -0.15) is 13.2 Å². The molecular weight excluding hydrogens is 341 g/mol. The lowest BCUT2D eigenvalue weighted by atomic mass is 10.0. The number of quaternary nitrogens is 1. The first-order valence-electron chi connectivity index (χ1n) is 8.80. The molecule has 4 rings (SSSR count). The Balaban J connectivity index is 1.46. The fraction of sp³-hybridized carbons (Fsp3) is 0.368. The third kappa shape index (κ3) is 3.44. The molecule has 0 amide bonds. The van der Waals surface area contributed by atoms with Crippen molar-refractivity contribution in [2.45, 2.75) is 31.6 Å². The van der Waals surface area contributed by atoms with Gasteiger partial charge in [-0.3, -0.25) is 0 Å². The van der Waals surface area contributed by atoms with Gasteiger partial charge in [0.05, 0.1) is 30.2 Å². The SMILES string of the molecule is FC(F)(F)c1ccc2c(c1)nnn2C1CC[NH+](Cc2ccccc2)CC1. The van der Waals surface area contributed by atoms with E-state index < -0.39 is 11.7 Å². The van der Waals surface area contributed by atoms with Crippen LogP contribution in [0.3, 0.4) is 0 Å². The number of hydrogen-bond donors (Lipinski definition) is 1. The molecule has 7 heteroatoms. The van der Waals surface area contributed by atoms with Crippen LogP contribution in [-0.2, 0) is 12.7 Å². The van der Waals surface area contributed by atoms with Crippen molar-refractivity contribution in [1.29, 1.82) is 0 Å². The van der Waals surface area contributed by atoms with E-state index in [2.05, 4.69) is 34.6 Å². The molecule has 4 nitrogen and oxygen atoms in total. The summed E-state index contributed by atoms with van der Waals surface area (Å²) in [5.41, 5.74) is 1.62. The number of benzene rings is 2. The fourth-order valence-corrected chi connectivity index (χ4v) is 3.70. The van der Waals surface area contributed by atoms with Crippen LogP contribution in [0.15, 0.2) is 48.5 Å². The summed E-state index contributed by atoms with van der Waals surface area (Å²) < 4.78 is 40.3. The zero-order valence-corrected chi connectivity index (χ0v) is 14.2. The Labute approximate surface area is 149 Å². The van der Waals surface area contributed by atoms with Gasteiger partial charge in [0.2, 0.25) is 0 Å². The summed E-state index contributed by atoms with van der Waals surface area (Å²) in [6, 6.07) is 14.3. The van der Waals surface area contributed by atoms with E-state index in [0.717, 1.165) is 44.6 Å². The van der Waals surface area contributed by atoms with Crippen LogP contribution >= 0.6 is 0 Å². The van der Waals surface area contributed by atoms with Gasteiger partial charge in [0.25, 0.3) is 0 Å². The van der Waals surface area contributed by atoms with Crippen LogP contribution in [0.1, 0.15) is 30.0 Å². The van der Waals surface area contributed by atoms with Gasteiger partial charge in [0.15, 0.2) is 0 Å². The number of nitrogens with one attached hydrogen (secondary N) is 1. The molecule has 0 bridgehead atoms. The summed E-state index contributed by atoms with van der Waals surface area (Å²) in [7, 11) is 0. The first-order valence-corrected chi connectivity index (χ1v) is 8.80. The Hall–Kier alpha value is -2.41. The van der Waals surface area contributed by atoms with E-state index in [4.69, 9.17) is 0 Å². The van der Waals surface area contributed by atoms with Crippen LogP contribution in [-0.4, -0.2) is 28.1 Å². The van der Waals surface area contributed by atoms with E-state index in [-0.39, 0.29) is 6.04 Å². The summed E-state index contributed by atoms with van der Waals surface area (Å²) in [6.07, 6.45) is -2.46. The van der Waals surface area contributed by atoms with E-state index in [1.54, 1.807) is 4.68 Å². The lowest BCUT2D eigenvalue weighted by Crippen LogP contribution is -3.11. The first-order chi connectivity index (χ1) is 12.5. The molecule has 0 aliphatic carbocycles. The highest BCUT2D eigenvalue weighted by molar-refractivity contribution is 5.75. The molecule has 0 saturated carbocycles. The Morgan fingerprint density at radius 1 is 1.04 bits per heavy atom. The molecule has 26 heavy (non-hydrogen) atoms. The van der Waals surface area contributed by atoms with E-state index >= 15 is 0 Å². The van der Waals surface area contributed by atoms with Gasteiger partial charge < -0.3 is 4.90 Å². The molecule has 1 fully saturated rings. The molecule has 3 aromatic rings. The molecule has 0 spiro atoms. The topological polar surface area (TPSA) is 35.1 Å². The van der Waals surface area contributed by atoms with E-state index in [9.17, 15) is 13.2 Å². The average Bonchev–Trinajstić information content (AvgIpc) is 3.06. The normalized spacial score (nSPS) is 21.2. The largest absolute Gasteiger partial charge is 0.416 e. The number of halogens is 3. The zero-order valence-electron chi connectivity index (χ0n) is 14.2. The van der Waals surface area contributed by atoms with Crippen molar-refractivity contribution in [2.75, 3.05) is 13.1 Å². The smallest absolute Gasteiger partial charge is 0.331 e. The van der Waals surface area contributed by atoms with Crippen molar-refractivity contribution < 1.29 is 18.1 Å². The zero-order chi connectivity index (χ0) is 18.1. The second kappa shape index (κ2) is 6.72. The van der Waals surface area contributed by atoms with Crippen molar-refractivity contribution in [3.8, 4) is 0 Å². The molecule has 2 aromatic carbocycles. The Morgan fingerprint density at radius 2 is 1.77 bits per heavy atom. The lowest BCUT2D eigenvalue weighted by molar-refractivity contribution is -0.919. The lowest BCUT2D eigenvalue weighted by Gasteiger charge is -2.29. The second-order valence-electron chi connectivity index (χ2n) is 6.88. The highest BCUT2D eigenvalue weighted by Gasteiger charge is 2.31. The fourth-order valence-electron chi connectivity index (χ4n) is 3.70. The van der Waals surface area contributed by atoms with Crippen LogP contribution in [0.4, 0.5) is 13.2 Å². The third-order valence-electron chi connectivity index (χ3n) is 5.10. The minimum absolute atomic E-state index is 0.191. The van der Waals surface area contributed by atoms with Crippen LogP contribution in [0.25, 0.3) is 11.0 Å². The van der Waals surface area contributed by atoms with E-state index in [1.165, 1.54) is 16.5 Å². The Kier molecular flexibility index (Phi) is 4.40. The van der Waals surface area contributed by atoms with Crippen molar-refractivity contribution in [2.24, 2.45) is 0 Å². The predicted molar refractivity (Wildman–Crippen MR) is 91.6 cm³/mol. The molecule has 1 aliphatic rings. The highest BCUT2D eigenvalue weighted by Crippen LogP contribution is 2.31. The van der Waals surface area contributed by atoms with Gasteiger partial charge in [-0.1, -0.05) is 35.5 Å². The van der Waals surface area contributed by atoms with Crippen LogP contribution in [0.2, 0.25) is 0 Å². The van der Waals surface area contributed by atoms with Gasteiger partial charge in [-0.15, -0.1) is 5.10 Å². The molecule has 1 aromatic heterocycles. The van der Waals surface area contributed by atoms with Crippen molar-refractivity contribution in [3.63, 3.8) is 0 Å². The number of rotatable bonds is 3. The number of hydrogen-bond acceptors (Lipinski definition) is 2. The summed E-state index contributed by atoms with van der Waals surface area (Å²) in [5.74, 6) is 0. The molecule has 2 heterocycles. The van der Waals surface area contributed by atoms with Crippen LogP contribution in [0, 0.1) is 0 Å². The molecule has 136 valence electrons. The minimum Gasteiger partial charge on any atom is -0.331 e. The quantitative estimate of drug-likeness (QED) is 0.779. The number of nitrogens with zero attached hydrogens (tertiary/aromatic N) is 3. The predicted octanol–water partition coefficient (Wildman–Crippen LogP) is 2.87. The van der Waals surface area contributed by atoms with Crippen LogP contribution < -0.4 is 4.90 Å². The van der Waals surface area contributed by atoms with Gasteiger partial charge >= 0.3 is 6.18 Å². The molecular formula is C19H20F3N4+. The monoisotopic (exact) mass is 361 g/mol. The van der Waals surface area contributed by atoms with Crippen molar-refractivity contribution in [3.05, 3.63) is 59.7 Å². The Morgan fingerprint density at radius 3 is 2.46 bits per heavy atom. The highest BCUT2D eigenvalue weighted by atomic mass is 19.4. The van der Waals surface area contributed by atoms with Gasteiger partial charge in [0, 0.05) is 18.4 Å². The molecule has 0 atom stereocenters. The molecule has 0 radical (unpaired) electrons. The maximum absolute atomic E-state index is 12.8. The molecule has 1 aliphatic heterocycles. The van der Waals surface area contributed by atoms with Gasteiger partial charge in [-0.25, -0.2) is 4.68 Å². The maximum atomic E-state index is 12.8.